The molecule has 0 unspecified atom stereocenters. The minimum absolute atomic E-state index is 0.924. The van der Waals surface area contributed by atoms with E-state index in [2.05, 4.69) is 16.8 Å². The van der Waals surface area contributed by atoms with E-state index in [1.807, 2.05) is 31.8 Å². The van der Waals surface area contributed by atoms with Crippen molar-refractivity contribution in [3.8, 4) is 11.8 Å². The molecule has 1 aromatic heterocycles. The van der Waals surface area contributed by atoms with Crippen molar-refractivity contribution in [2.24, 2.45) is 0 Å². The molecule has 1 heterocycles. The SMILES string of the molecule is CC#CCSCc1cnc(C)s1. The smallest absolute Gasteiger partial charge is 0.0897 e. The fourth-order valence-corrected chi connectivity index (χ4v) is 2.45. The van der Waals surface area contributed by atoms with Crippen LogP contribution in [0.15, 0.2) is 6.20 Å². The highest BCUT2D eigenvalue weighted by Crippen LogP contribution is 2.17. The lowest BCUT2D eigenvalue weighted by atomic mass is 10.6. The fraction of sp³-hybridized carbons (Fsp3) is 0.444. The molecular formula is C9H11NS2. The Hall–Kier alpha value is -0.460. The maximum Gasteiger partial charge on any atom is 0.0897 e. The van der Waals surface area contributed by atoms with Crippen LogP contribution in [-0.4, -0.2) is 10.7 Å². The van der Waals surface area contributed by atoms with Gasteiger partial charge in [-0.15, -0.1) is 29.0 Å². The first kappa shape index (κ1) is 9.63. The van der Waals surface area contributed by atoms with Crippen LogP contribution in [0.3, 0.4) is 0 Å². The first-order chi connectivity index (χ1) is 5.83. The van der Waals surface area contributed by atoms with Crippen LogP contribution in [0, 0.1) is 18.8 Å². The Bertz CT molecular complexity index is 293. The van der Waals surface area contributed by atoms with Gasteiger partial charge in [0.05, 0.1) is 10.8 Å². The first-order valence-electron chi connectivity index (χ1n) is 3.71. The van der Waals surface area contributed by atoms with Crippen LogP contribution in [0.4, 0.5) is 0 Å². The summed E-state index contributed by atoms with van der Waals surface area (Å²) in [4.78, 5) is 5.53. The fourth-order valence-electron chi connectivity index (χ4n) is 0.747. The third-order valence-electron chi connectivity index (χ3n) is 1.26. The summed E-state index contributed by atoms with van der Waals surface area (Å²) in [7, 11) is 0. The maximum absolute atomic E-state index is 4.18. The minimum atomic E-state index is 0.924. The highest BCUT2D eigenvalue weighted by molar-refractivity contribution is 7.98. The zero-order chi connectivity index (χ0) is 8.81. The Labute approximate surface area is 81.6 Å². The number of hydrogen-bond donors (Lipinski definition) is 0. The van der Waals surface area contributed by atoms with Crippen molar-refractivity contribution in [2.45, 2.75) is 19.6 Å². The van der Waals surface area contributed by atoms with Crippen LogP contribution >= 0.6 is 23.1 Å². The molecule has 1 aromatic rings. The number of aromatic nitrogens is 1. The highest BCUT2D eigenvalue weighted by atomic mass is 32.2. The summed E-state index contributed by atoms with van der Waals surface area (Å²) in [6.45, 7) is 3.90. The second-order valence-electron chi connectivity index (χ2n) is 2.27. The second kappa shape index (κ2) is 5.23. The van der Waals surface area contributed by atoms with E-state index in [-0.39, 0.29) is 0 Å². The molecule has 0 N–H and O–H groups in total. The molecule has 1 rings (SSSR count). The molecule has 0 radical (unpaired) electrons. The first-order valence-corrected chi connectivity index (χ1v) is 5.68. The van der Waals surface area contributed by atoms with Crippen LogP contribution in [0.1, 0.15) is 16.8 Å². The van der Waals surface area contributed by atoms with Gasteiger partial charge in [-0.05, 0) is 13.8 Å². The van der Waals surface area contributed by atoms with E-state index in [0.717, 1.165) is 16.5 Å². The van der Waals surface area contributed by atoms with Crippen LogP contribution in [0.2, 0.25) is 0 Å². The van der Waals surface area contributed by atoms with Crippen LogP contribution in [0.25, 0.3) is 0 Å². The maximum atomic E-state index is 4.18. The van der Waals surface area contributed by atoms with Crippen molar-refractivity contribution in [1.29, 1.82) is 0 Å². The molecule has 0 bridgehead atoms. The summed E-state index contributed by atoms with van der Waals surface area (Å²) in [6, 6.07) is 0. The van der Waals surface area contributed by atoms with E-state index in [4.69, 9.17) is 0 Å². The van der Waals surface area contributed by atoms with Gasteiger partial charge in [-0.25, -0.2) is 4.98 Å². The van der Waals surface area contributed by atoms with Gasteiger partial charge in [0.15, 0.2) is 0 Å². The standard InChI is InChI=1S/C9H11NS2/c1-3-4-5-11-7-9-6-10-8(2)12-9/h6H,5,7H2,1-2H3. The van der Waals surface area contributed by atoms with Crippen molar-refractivity contribution < 1.29 is 0 Å². The molecule has 0 aliphatic heterocycles. The van der Waals surface area contributed by atoms with Crippen molar-refractivity contribution in [2.75, 3.05) is 5.75 Å². The normalized spacial score (nSPS) is 9.17. The predicted octanol–water partition coefficient (Wildman–Crippen LogP) is 2.71. The molecule has 0 amide bonds. The van der Waals surface area contributed by atoms with E-state index in [0.29, 0.717) is 0 Å². The number of thioether (sulfide) groups is 1. The van der Waals surface area contributed by atoms with E-state index < -0.39 is 0 Å². The number of rotatable bonds is 3. The van der Waals surface area contributed by atoms with Gasteiger partial charge in [0.25, 0.3) is 0 Å². The monoisotopic (exact) mass is 197 g/mol. The van der Waals surface area contributed by atoms with Crippen molar-refractivity contribution in [3.05, 3.63) is 16.1 Å². The molecule has 0 saturated carbocycles. The van der Waals surface area contributed by atoms with E-state index in [9.17, 15) is 0 Å². The molecule has 0 atom stereocenters. The lowest BCUT2D eigenvalue weighted by molar-refractivity contribution is 1.28. The number of aryl methyl sites for hydroxylation is 1. The number of hydrogen-bond acceptors (Lipinski definition) is 3. The highest BCUT2D eigenvalue weighted by Gasteiger charge is 1.96. The third-order valence-corrected chi connectivity index (χ3v) is 3.22. The molecule has 1 nitrogen and oxygen atoms in total. The average molecular weight is 197 g/mol. The predicted molar refractivity (Wildman–Crippen MR) is 56.5 cm³/mol. The van der Waals surface area contributed by atoms with Gasteiger partial charge in [-0.1, -0.05) is 5.92 Å². The second-order valence-corrected chi connectivity index (χ2v) is 4.57. The Morgan fingerprint density at radius 2 is 2.50 bits per heavy atom. The summed E-state index contributed by atoms with van der Waals surface area (Å²) in [5, 5.41) is 1.15. The molecule has 0 spiro atoms. The van der Waals surface area contributed by atoms with E-state index in [1.165, 1.54) is 4.88 Å². The van der Waals surface area contributed by atoms with E-state index in [1.54, 1.807) is 11.3 Å². The molecule has 0 aliphatic rings. The molecule has 64 valence electrons. The zero-order valence-corrected chi connectivity index (χ0v) is 8.89. The molecule has 0 fully saturated rings. The summed E-state index contributed by atoms with van der Waals surface area (Å²) >= 11 is 3.61. The summed E-state index contributed by atoms with van der Waals surface area (Å²) in [5.41, 5.74) is 0. The topological polar surface area (TPSA) is 12.9 Å². The van der Waals surface area contributed by atoms with Gasteiger partial charge in [0, 0.05) is 16.8 Å². The average Bonchev–Trinajstić information content (AvgIpc) is 2.45. The number of nitrogens with zero attached hydrogens (tertiary/aromatic N) is 1. The lowest BCUT2D eigenvalue weighted by Gasteiger charge is -1.90. The van der Waals surface area contributed by atoms with Crippen molar-refractivity contribution in [1.82, 2.24) is 4.98 Å². The van der Waals surface area contributed by atoms with Gasteiger partial charge in [-0.2, -0.15) is 0 Å². The summed E-state index contributed by atoms with van der Waals surface area (Å²) in [5.74, 6) is 7.86. The van der Waals surface area contributed by atoms with Gasteiger partial charge >= 0.3 is 0 Å². The lowest BCUT2D eigenvalue weighted by Crippen LogP contribution is -1.74. The third kappa shape index (κ3) is 3.29. The Kier molecular flexibility index (Phi) is 4.20. The molecule has 0 saturated heterocycles. The quantitative estimate of drug-likeness (QED) is 0.546. The van der Waals surface area contributed by atoms with Gasteiger partial charge in [-0.3, -0.25) is 0 Å². The van der Waals surface area contributed by atoms with Crippen LogP contribution in [0.5, 0.6) is 0 Å². The van der Waals surface area contributed by atoms with Gasteiger partial charge in [0.2, 0.25) is 0 Å². The Morgan fingerprint density at radius 3 is 3.08 bits per heavy atom. The number of thiazole rings is 1. The van der Waals surface area contributed by atoms with Crippen molar-refractivity contribution >= 4 is 23.1 Å². The Morgan fingerprint density at radius 1 is 1.67 bits per heavy atom. The van der Waals surface area contributed by atoms with Gasteiger partial charge < -0.3 is 0 Å². The van der Waals surface area contributed by atoms with E-state index >= 15 is 0 Å². The summed E-state index contributed by atoms with van der Waals surface area (Å²) in [6.07, 6.45) is 1.95. The largest absolute Gasteiger partial charge is 0.250 e. The molecule has 12 heavy (non-hydrogen) atoms. The molecular weight excluding hydrogens is 186 g/mol. The van der Waals surface area contributed by atoms with Crippen molar-refractivity contribution in [3.63, 3.8) is 0 Å². The van der Waals surface area contributed by atoms with Crippen LogP contribution < -0.4 is 0 Å². The Balaban J connectivity index is 2.27. The minimum Gasteiger partial charge on any atom is -0.250 e. The molecule has 0 aliphatic carbocycles. The van der Waals surface area contributed by atoms with Crippen LogP contribution in [-0.2, 0) is 5.75 Å². The molecule has 3 heteroatoms. The summed E-state index contributed by atoms with van der Waals surface area (Å²) < 4.78 is 0. The molecule has 0 aromatic carbocycles. The zero-order valence-electron chi connectivity index (χ0n) is 7.26. The van der Waals surface area contributed by atoms with Gasteiger partial charge in [0.1, 0.15) is 0 Å².